The molecule has 2 N–H and O–H groups in total. The number of phenols is 1. The summed E-state index contributed by atoms with van der Waals surface area (Å²) < 4.78 is 0. The lowest BCUT2D eigenvalue weighted by Crippen LogP contribution is -2.03. The number of rotatable bonds is 5. The summed E-state index contributed by atoms with van der Waals surface area (Å²) in [7, 11) is 0. The van der Waals surface area contributed by atoms with Gasteiger partial charge in [0.15, 0.2) is 0 Å². The molecule has 0 aromatic heterocycles. The molecule has 1 unspecified atom stereocenters. The van der Waals surface area contributed by atoms with Gasteiger partial charge in [-0.2, -0.15) is 0 Å². The van der Waals surface area contributed by atoms with Crippen molar-refractivity contribution in [1.82, 2.24) is 0 Å². The fourth-order valence-electron chi connectivity index (χ4n) is 2.00. The zero-order chi connectivity index (χ0) is 13.0. The lowest BCUT2D eigenvalue weighted by atomic mass is 9.91. The second-order valence-electron chi connectivity index (χ2n) is 4.57. The topological polar surface area (TPSA) is 57.5 Å². The van der Waals surface area contributed by atoms with Crippen molar-refractivity contribution in [2.45, 2.75) is 46.0 Å². The summed E-state index contributed by atoms with van der Waals surface area (Å²) in [5.74, 6) is -0.545. The fraction of sp³-hybridized carbons (Fsp3) is 0.500. The third-order valence-electron chi connectivity index (χ3n) is 3.13. The van der Waals surface area contributed by atoms with E-state index in [1.165, 1.54) is 0 Å². The largest absolute Gasteiger partial charge is 0.508 e. The molecule has 0 aliphatic rings. The fourth-order valence-corrected chi connectivity index (χ4v) is 2.00. The highest BCUT2D eigenvalue weighted by atomic mass is 16.4. The first kappa shape index (κ1) is 13.6. The molecule has 17 heavy (non-hydrogen) atoms. The minimum absolute atomic E-state index is 0.189. The first-order valence-corrected chi connectivity index (χ1v) is 6.04. The Kier molecular flexibility index (Phi) is 4.55. The maximum Gasteiger partial charge on any atom is 0.335 e. The standard InChI is InChI=1S/C14H20O3/c1-4-5-6-9(2)11-8-12(14(16)17)10(3)7-13(11)15/h7-9,15H,4-6H2,1-3H3,(H,16,17). The molecule has 0 bridgehead atoms. The van der Waals surface area contributed by atoms with Gasteiger partial charge in [0.05, 0.1) is 5.56 Å². The quantitative estimate of drug-likeness (QED) is 0.819. The third-order valence-corrected chi connectivity index (χ3v) is 3.13. The van der Waals surface area contributed by atoms with Crippen LogP contribution in [-0.4, -0.2) is 16.2 Å². The molecule has 0 saturated carbocycles. The molecule has 1 aromatic carbocycles. The minimum atomic E-state index is -0.938. The first-order valence-electron chi connectivity index (χ1n) is 6.04. The van der Waals surface area contributed by atoms with Crippen molar-refractivity contribution in [2.24, 2.45) is 0 Å². The summed E-state index contributed by atoms with van der Waals surface area (Å²) in [5, 5.41) is 18.9. The van der Waals surface area contributed by atoms with Crippen molar-refractivity contribution < 1.29 is 15.0 Å². The molecule has 0 heterocycles. The van der Waals surface area contributed by atoms with Gasteiger partial charge >= 0.3 is 5.97 Å². The van der Waals surface area contributed by atoms with Crippen LogP contribution in [0.5, 0.6) is 5.75 Å². The van der Waals surface area contributed by atoms with E-state index in [0.29, 0.717) is 5.56 Å². The Balaban J connectivity index is 3.06. The number of carbonyl (C=O) groups is 1. The molecule has 3 heteroatoms. The third kappa shape index (κ3) is 3.22. The van der Waals surface area contributed by atoms with E-state index in [-0.39, 0.29) is 17.2 Å². The number of unbranched alkanes of at least 4 members (excludes halogenated alkanes) is 1. The number of carboxylic acids is 1. The highest BCUT2D eigenvalue weighted by molar-refractivity contribution is 5.90. The van der Waals surface area contributed by atoms with Gasteiger partial charge in [-0.1, -0.05) is 26.7 Å². The highest BCUT2D eigenvalue weighted by Gasteiger charge is 2.15. The van der Waals surface area contributed by atoms with Gasteiger partial charge < -0.3 is 10.2 Å². The average molecular weight is 236 g/mol. The number of aryl methyl sites for hydroxylation is 1. The summed E-state index contributed by atoms with van der Waals surface area (Å²) in [4.78, 5) is 11.0. The minimum Gasteiger partial charge on any atom is -0.508 e. The summed E-state index contributed by atoms with van der Waals surface area (Å²) in [6, 6.07) is 3.15. The zero-order valence-electron chi connectivity index (χ0n) is 10.7. The lowest BCUT2D eigenvalue weighted by molar-refractivity contribution is 0.0696. The number of aromatic hydroxyl groups is 1. The van der Waals surface area contributed by atoms with Crippen LogP contribution in [0.3, 0.4) is 0 Å². The monoisotopic (exact) mass is 236 g/mol. The van der Waals surface area contributed by atoms with Crippen molar-refractivity contribution in [3.05, 3.63) is 28.8 Å². The summed E-state index contributed by atoms with van der Waals surface area (Å²) in [5.41, 5.74) is 1.61. The molecule has 0 radical (unpaired) electrons. The van der Waals surface area contributed by atoms with Crippen molar-refractivity contribution >= 4 is 5.97 Å². The Labute approximate surface area is 102 Å². The maximum absolute atomic E-state index is 11.0. The van der Waals surface area contributed by atoms with Crippen LogP contribution in [0.4, 0.5) is 0 Å². The molecule has 1 rings (SSSR count). The van der Waals surface area contributed by atoms with Crippen LogP contribution < -0.4 is 0 Å². The van der Waals surface area contributed by atoms with Crippen molar-refractivity contribution in [1.29, 1.82) is 0 Å². The molecule has 0 spiro atoms. The molecule has 1 aromatic rings. The number of phenolic OH excluding ortho intramolecular Hbond substituents is 1. The molecule has 0 saturated heterocycles. The maximum atomic E-state index is 11.0. The Morgan fingerprint density at radius 1 is 1.41 bits per heavy atom. The summed E-state index contributed by atoms with van der Waals surface area (Å²) in [6.45, 7) is 5.83. The number of benzene rings is 1. The van der Waals surface area contributed by atoms with E-state index in [9.17, 15) is 9.90 Å². The van der Waals surface area contributed by atoms with Crippen molar-refractivity contribution in [3.8, 4) is 5.75 Å². The van der Waals surface area contributed by atoms with Gasteiger partial charge in [-0.05, 0) is 42.5 Å². The van der Waals surface area contributed by atoms with E-state index < -0.39 is 5.97 Å². The molecule has 0 fully saturated rings. The smallest absolute Gasteiger partial charge is 0.335 e. The van der Waals surface area contributed by atoms with Gasteiger partial charge in [-0.25, -0.2) is 4.79 Å². The van der Waals surface area contributed by atoms with Gasteiger partial charge in [0.2, 0.25) is 0 Å². The van der Waals surface area contributed by atoms with E-state index in [4.69, 9.17) is 5.11 Å². The van der Waals surface area contributed by atoms with E-state index in [2.05, 4.69) is 6.92 Å². The zero-order valence-corrected chi connectivity index (χ0v) is 10.7. The summed E-state index contributed by atoms with van der Waals surface area (Å²) >= 11 is 0. The number of carboxylic acid groups (broad SMARTS) is 1. The van der Waals surface area contributed by atoms with Crippen LogP contribution in [0.25, 0.3) is 0 Å². The SMILES string of the molecule is CCCCC(C)c1cc(C(=O)O)c(C)cc1O. The van der Waals surface area contributed by atoms with Crippen LogP contribution in [0.2, 0.25) is 0 Å². The Bertz CT molecular complexity index is 410. The van der Waals surface area contributed by atoms with Gasteiger partial charge in [-0.3, -0.25) is 0 Å². The molecule has 94 valence electrons. The van der Waals surface area contributed by atoms with Crippen molar-refractivity contribution in [3.63, 3.8) is 0 Å². The first-order chi connectivity index (χ1) is 7.97. The van der Waals surface area contributed by atoms with Crippen LogP contribution in [0, 0.1) is 6.92 Å². The Morgan fingerprint density at radius 3 is 2.59 bits per heavy atom. The van der Waals surface area contributed by atoms with Gasteiger partial charge in [0.1, 0.15) is 5.75 Å². The van der Waals surface area contributed by atoms with Gasteiger partial charge in [-0.15, -0.1) is 0 Å². The number of hydrogen-bond acceptors (Lipinski definition) is 2. The second-order valence-corrected chi connectivity index (χ2v) is 4.57. The molecule has 3 nitrogen and oxygen atoms in total. The molecular weight excluding hydrogens is 216 g/mol. The second kappa shape index (κ2) is 5.71. The molecular formula is C14H20O3. The molecule has 0 aliphatic heterocycles. The Morgan fingerprint density at radius 2 is 2.06 bits per heavy atom. The number of hydrogen-bond donors (Lipinski definition) is 2. The van der Waals surface area contributed by atoms with Crippen LogP contribution in [0.15, 0.2) is 12.1 Å². The molecule has 0 aliphatic carbocycles. The molecule has 0 amide bonds. The highest BCUT2D eigenvalue weighted by Crippen LogP contribution is 2.31. The van der Waals surface area contributed by atoms with Crippen molar-refractivity contribution in [2.75, 3.05) is 0 Å². The number of aromatic carboxylic acids is 1. The van der Waals surface area contributed by atoms with E-state index >= 15 is 0 Å². The van der Waals surface area contributed by atoms with Crippen LogP contribution in [-0.2, 0) is 0 Å². The van der Waals surface area contributed by atoms with Crippen LogP contribution in [0.1, 0.15) is 60.5 Å². The normalized spacial score (nSPS) is 12.4. The van der Waals surface area contributed by atoms with Crippen LogP contribution >= 0.6 is 0 Å². The summed E-state index contributed by atoms with van der Waals surface area (Å²) in [6.07, 6.45) is 3.14. The van der Waals surface area contributed by atoms with Gasteiger partial charge in [0, 0.05) is 0 Å². The van der Waals surface area contributed by atoms with E-state index in [1.807, 2.05) is 6.92 Å². The van der Waals surface area contributed by atoms with E-state index in [1.54, 1.807) is 19.1 Å². The lowest BCUT2D eigenvalue weighted by Gasteiger charge is -2.15. The molecule has 1 atom stereocenters. The predicted octanol–water partition coefficient (Wildman–Crippen LogP) is 3.69. The average Bonchev–Trinajstić information content (AvgIpc) is 2.25. The van der Waals surface area contributed by atoms with E-state index in [0.717, 1.165) is 24.8 Å². The predicted molar refractivity (Wildman–Crippen MR) is 67.7 cm³/mol. The Hall–Kier alpha value is -1.51. The van der Waals surface area contributed by atoms with Gasteiger partial charge in [0.25, 0.3) is 0 Å².